The summed E-state index contributed by atoms with van der Waals surface area (Å²) in [6.07, 6.45) is 5.18. The van der Waals surface area contributed by atoms with Crippen LogP contribution in [0.4, 0.5) is 0 Å². The zero-order chi connectivity index (χ0) is 17.8. The Morgan fingerprint density at radius 2 is 1.96 bits per heavy atom. The lowest BCUT2D eigenvalue weighted by atomic mass is 10.1. The SMILES string of the molecule is O=C(NCc1cccs1)c1cn(-c2ccccc2)nc1-c1cccnc1. The molecule has 0 radical (unpaired) electrons. The van der Waals surface area contributed by atoms with Crippen molar-refractivity contribution in [3.8, 4) is 16.9 Å². The molecule has 0 saturated carbocycles. The zero-order valence-electron chi connectivity index (χ0n) is 13.9. The predicted octanol–water partition coefficient (Wildman–Crippen LogP) is 3.93. The minimum atomic E-state index is -0.153. The van der Waals surface area contributed by atoms with Crippen molar-refractivity contribution in [1.82, 2.24) is 20.1 Å². The van der Waals surface area contributed by atoms with Gasteiger partial charge in [0.2, 0.25) is 0 Å². The molecular formula is C20H16N4OS. The first-order chi connectivity index (χ1) is 12.8. The van der Waals surface area contributed by atoms with E-state index in [1.165, 1.54) is 0 Å². The van der Waals surface area contributed by atoms with Gasteiger partial charge in [-0.25, -0.2) is 4.68 Å². The van der Waals surface area contributed by atoms with Gasteiger partial charge in [-0.1, -0.05) is 24.3 Å². The normalized spacial score (nSPS) is 10.6. The van der Waals surface area contributed by atoms with Crippen LogP contribution in [0.2, 0.25) is 0 Å². The molecule has 0 aliphatic carbocycles. The van der Waals surface area contributed by atoms with Gasteiger partial charge in [0.05, 0.1) is 17.8 Å². The van der Waals surface area contributed by atoms with Crippen LogP contribution < -0.4 is 5.32 Å². The molecule has 0 atom stereocenters. The summed E-state index contributed by atoms with van der Waals surface area (Å²) in [6, 6.07) is 17.4. The Hall–Kier alpha value is -3.25. The van der Waals surface area contributed by atoms with Crippen LogP contribution in [0.3, 0.4) is 0 Å². The second-order valence-corrected chi connectivity index (χ2v) is 6.71. The van der Waals surface area contributed by atoms with Crippen molar-refractivity contribution in [3.05, 3.63) is 89.0 Å². The number of para-hydroxylation sites is 1. The van der Waals surface area contributed by atoms with E-state index in [0.29, 0.717) is 17.8 Å². The fourth-order valence-corrected chi connectivity index (χ4v) is 3.29. The van der Waals surface area contributed by atoms with E-state index >= 15 is 0 Å². The number of pyridine rings is 1. The summed E-state index contributed by atoms with van der Waals surface area (Å²) < 4.78 is 1.72. The highest BCUT2D eigenvalue weighted by molar-refractivity contribution is 7.09. The van der Waals surface area contributed by atoms with Gasteiger partial charge in [-0.05, 0) is 35.7 Å². The molecule has 0 bridgehead atoms. The average Bonchev–Trinajstić information content (AvgIpc) is 3.37. The first-order valence-electron chi connectivity index (χ1n) is 8.17. The molecule has 0 aliphatic heterocycles. The van der Waals surface area contributed by atoms with Crippen molar-refractivity contribution in [2.24, 2.45) is 0 Å². The van der Waals surface area contributed by atoms with E-state index < -0.39 is 0 Å². The lowest BCUT2D eigenvalue weighted by molar-refractivity contribution is 0.0952. The number of carbonyl (C=O) groups is 1. The molecule has 1 amide bonds. The van der Waals surface area contributed by atoms with E-state index in [9.17, 15) is 4.79 Å². The number of nitrogens with zero attached hydrogens (tertiary/aromatic N) is 3. The standard InChI is InChI=1S/C20H16N4OS/c25-20(22-13-17-9-5-11-26-17)18-14-24(16-7-2-1-3-8-16)23-19(18)15-6-4-10-21-12-15/h1-12,14H,13H2,(H,22,25). The molecular weight excluding hydrogens is 344 g/mol. The van der Waals surface area contributed by atoms with Gasteiger partial charge in [0.15, 0.2) is 0 Å². The number of hydrogen-bond acceptors (Lipinski definition) is 4. The maximum absolute atomic E-state index is 12.8. The quantitative estimate of drug-likeness (QED) is 0.587. The average molecular weight is 360 g/mol. The number of aromatic nitrogens is 3. The Bertz CT molecular complexity index is 995. The van der Waals surface area contributed by atoms with Gasteiger partial charge in [0.25, 0.3) is 5.91 Å². The van der Waals surface area contributed by atoms with Crippen LogP contribution >= 0.6 is 11.3 Å². The zero-order valence-corrected chi connectivity index (χ0v) is 14.7. The molecule has 128 valence electrons. The van der Waals surface area contributed by atoms with Gasteiger partial charge < -0.3 is 5.32 Å². The lowest BCUT2D eigenvalue weighted by Crippen LogP contribution is -2.22. The molecule has 6 heteroatoms. The molecule has 4 rings (SSSR count). The van der Waals surface area contributed by atoms with Crippen LogP contribution in [0.25, 0.3) is 16.9 Å². The third-order valence-electron chi connectivity index (χ3n) is 3.92. The second-order valence-electron chi connectivity index (χ2n) is 5.68. The summed E-state index contributed by atoms with van der Waals surface area (Å²) in [5.41, 5.74) is 2.85. The van der Waals surface area contributed by atoms with E-state index in [1.807, 2.05) is 60.0 Å². The summed E-state index contributed by atoms with van der Waals surface area (Å²) >= 11 is 1.62. The molecule has 5 nitrogen and oxygen atoms in total. The highest BCUT2D eigenvalue weighted by Crippen LogP contribution is 2.23. The number of benzene rings is 1. The minimum Gasteiger partial charge on any atom is -0.347 e. The number of thiophene rings is 1. The molecule has 0 saturated heterocycles. The van der Waals surface area contributed by atoms with Crippen molar-refractivity contribution in [1.29, 1.82) is 0 Å². The first-order valence-corrected chi connectivity index (χ1v) is 9.05. The second kappa shape index (κ2) is 7.33. The minimum absolute atomic E-state index is 0.153. The van der Waals surface area contributed by atoms with Gasteiger partial charge in [0.1, 0.15) is 5.69 Å². The monoisotopic (exact) mass is 360 g/mol. The Balaban J connectivity index is 1.69. The molecule has 1 aromatic carbocycles. The molecule has 3 heterocycles. The topological polar surface area (TPSA) is 59.8 Å². The lowest BCUT2D eigenvalue weighted by Gasteiger charge is -2.04. The van der Waals surface area contributed by atoms with E-state index in [4.69, 9.17) is 0 Å². The van der Waals surface area contributed by atoms with Crippen molar-refractivity contribution < 1.29 is 4.79 Å². The Labute approximate surface area is 155 Å². The van der Waals surface area contributed by atoms with Gasteiger partial charge in [-0.15, -0.1) is 11.3 Å². The smallest absolute Gasteiger partial charge is 0.255 e. The van der Waals surface area contributed by atoms with Gasteiger partial charge in [0, 0.05) is 29.0 Å². The van der Waals surface area contributed by atoms with Crippen LogP contribution in [0.15, 0.2) is 78.6 Å². The first kappa shape index (κ1) is 16.2. The fourth-order valence-electron chi connectivity index (χ4n) is 2.64. The van der Waals surface area contributed by atoms with E-state index in [0.717, 1.165) is 16.1 Å². The summed E-state index contributed by atoms with van der Waals surface area (Å²) in [4.78, 5) is 18.1. The Morgan fingerprint density at radius 3 is 2.69 bits per heavy atom. The Kier molecular flexibility index (Phi) is 4.57. The Morgan fingerprint density at radius 1 is 1.08 bits per heavy atom. The third kappa shape index (κ3) is 3.41. The van der Waals surface area contributed by atoms with Crippen LogP contribution in [0.5, 0.6) is 0 Å². The van der Waals surface area contributed by atoms with Crippen LogP contribution in [0.1, 0.15) is 15.2 Å². The highest BCUT2D eigenvalue weighted by atomic mass is 32.1. The van der Waals surface area contributed by atoms with Crippen molar-refractivity contribution in [2.75, 3.05) is 0 Å². The van der Waals surface area contributed by atoms with Gasteiger partial charge in [-0.2, -0.15) is 5.10 Å². The maximum atomic E-state index is 12.8. The van der Waals surface area contributed by atoms with Crippen LogP contribution in [0, 0.1) is 0 Å². The summed E-state index contributed by atoms with van der Waals surface area (Å²) in [7, 11) is 0. The van der Waals surface area contributed by atoms with Crippen molar-refractivity contribution >= 4 is 17.2 Å². The molecule has 1 N–H and O–H groups in total. The third-order valence-corrected chi connectivity index (χ3v) is 4.79. The molecule has 0 unspecified atom stereocenters. The van der Waals surface area contributed by atoms with Crippen molar-refractivity contribution in [3.63, 3.8) is 0 Å². The molecule has 0 spiro atoms. The maximum Gasteiger partial charge on any atom is 0.255 e. The van der Waals surface area contributed by atoms with E-state index in [2.05, 4.69) is 15.4 Å². The summed E-state index contributed by atoms with van der Waals surface area (Å²) in [5, 5.41) is 9.61. The molecule has 26 heavy (non-hydrogen) atoms. The molecule has 4 aromatic rings. The number of rotatable bonds is 5. The molecule has 0 fully saturated rings. The highest BCUT2D eigenvalue weighted by Gasteiger charge is 2.18. The molecule has 3 aromatic heterocycles. The van der Waals surface area contributed by atoms with Crippen LogP contribution in [-0.4, -0.2) is 20.7 Å². The summed E-state index contributed by atoms with van der Waals surface area (Å²) in [5.74, 6) is -0.153. The van der Waals surface area contributed by atoms with Gasteiger partial charge in [-0.3, -0.25) is 9.78 Å². The fraction of sp³-hybridized carbons (Fsp3) is 0.0500. The molecule has 0 aliphatic rings. The van der Waals surface area contributed by atoms with E-state index in [1.54, 1.807) is 34.6 Å². The number of hydrogen-bond donors (Lipinski definition) is 1. The number of amides is 1. The number of carbonyl (C=O) groups excluding carboxylic acids is 1. The van der Waals surface area contributed by atoms with Crippen LogP contribution in [-0.2, 0) is 6.54 Å². The van der Waals surface area contributed by atoms with Crippen molar-refractivity contribution in [2.45, 2.75) is 6.54 Å². The summed E-state index contributed by atoms with van der Waals surface area (Å²) in [6.45, 7) is 0.500. The number of nitrogens with one attached hydrogen (secondary N) is 1. The van der Waals surface area contributed by atoms with E-state index in [-0.39, 0.29) is 5.91 Å². The van der Waals surface area contributed by atoms with Gasteiger partial charge >= 0.3 is 0 Å². The largest absolute Gasteiger partial charge is 0.347 e. The predicted molar refractivity (Wildman–Crippen MR) is 102 cm³/mol.